The Morgan fingerprint density at radius 2 is 1.94 bits per heavy atom. The molecule has 0 saturated carbocycles. The molecular weight excluding hydrogens is 204 g/mol. The monoisotopic (exact) mass is 216 g/mol. The molecule has 0 radical (unpaired) electrons. The summed E-state index contributed by atoms with van der Waals surface area (Å²) in [5, 5.41) is 0. The lowest BCUT2D eigenvalue weighted by molar-refractivity contribution is -0.155. The first-order chi connectivity index (χ1) is 7.72. The lowest BCUT2D eigenvalue weighted by Crippen LogP contribution is -2.08. The summed E-state index contributed by atoms with van der Waals surface area (Å²) < 4.78 is 4.48. The molecule has 1 aromatic carbocycles. The Morgan fingerprint density at radius 3 is 2.56 bits per heavy atom. The Morgan fingerprint density at radius 1 is 1.25 bits per heavy atom. The molecule has 0 aliphatic carbocycles. The van der Waals surface area contributed by atoms with Gasteiger partial charge in [-0.15, -0.1) is 6.58 Å². The molecule has 3 heteroatoms. The highest BCUT2D eigenvalue weighted by Crippen LogP contribution is 2.01. The zero-order valence-electron chi connectivity index (χ0n) is 8.76. The number of carbonyl (C=O) groups excluding carboxylic acids is 2. The number of hydrogen-bond donors (Lipinski definition) is 0. The van der Waals surface area contributed by atoms with Crippen LogP contribution < -0.4 is 0 Å². The van der Waals surface area contributed by atoms with Gasteiger partial charge in [-0.05, 0) is 11.6 Å². The average Bonchev–Trinajstić information content (AvgIpc) is 2.28. The van der Waals surface area contributed by atoms with Crippen molar-refractivity contribution in [3.63, 3.8) is 0 Å². The second kappa shape index (κ2) is 6.35. The van der Waals surface area contributed by atoms with Gasteiger partial charge in [0, 0.05) is 6.08 Å². The van der Waals surface area contributed by atoms with Crippen molar-refractivity contribution in [2.75, 3.05) is 0 Å². The van der Waals surface area contributed by atoms with E-state index in [-0.39, 0.29) is 6.42 Å². The predicted molar refractivity (Wildman–Crippen MR) is 61.4 cm³/mol. The minimum Gasteiger partial charge on any atom is -0.390 e. The predicted octanol–water partition coefficient (Wildman–Crippen LogP) is 2.35. The van der Waals surface area contributed by atoms with Gasteiger partial charge in [0.05, 0.1) is 6.42 Å². The molecule has 0 unspecified atom stereocenters. The molecule has 3 nitrogen and oxygen atoms in total. The topological polar surface area (TPSA) is 43.4 Å². The lowest BCUT2D eigenvalue weighted by atomic mass is 10.2. The standard InChI is InChI=1S/C13H12O3/c1-2-6-12(14)16-13(15)10-9-11-7-4-3-5-8-11/h2-5,7-10H,1,6H2/b10-9+. The molecule has 16 heavy (non-hydrogen) atoms. The van der Waals surface area contributed by atoms with E-state index >= 15 is 0 Å². The number of benzene rings is 1. The van der Waals surface area contributed by atoms with Crippen molar-refractivity contribution >= 4 is 18.0 Å². The van der Waals surface area contributed by atoms with Crippen LogP contribution in [0.4, 0.5) is 0 Å². The van der Waals surface area contributed by atoms with E-state index in [1.807, 2.05) is 30.3 Å². The number of ether oxygens (including phenoxy) is 1. The molecule has 0 heterocycles. The van der Waals surface area contributed by atoms with Crippen LogP contribution in [0.3, 0.4) is 0 Å². The normalized spacial score (nSPS) is 10.0. The third kappa shape index (κ3) is 4.37. The fourth-order valence-electron chi connectivity index (χ4n) is 1.03. The van der Waals surface area contributed by atoms with Crippen LogP contribution in [-0.4, -0.2) is 11.9 Å². The largest absolute Gasteiger partial charge is 0.390 e. The summed E-state index contributed by atoms with van der Waals surface area (Å²) in [6.07, 6.45) is 4.22. The molecule has 0 aliphatic heterocycles. The quantitative estimate of drug-likeness (QED) is 0.336. The van der Waals surface area contributed by atoms with Gasteiger partial charge in [0.15, 0.2) is 0 Å². The van der Waals surface area contributed by atoms with Crippen LogP contribution in [0.15, 0.2) is 49.1 Å². The maximum absolute atomic E-state index is 11.1. The molecule has 0 aromatic heterocycles. The molecule has 1 rings (SSSR count). The van der Waals surface area contributed by atoms with Gasteiger partial charge in [-0.25, -0.2) is 4.79 Å². The molecule has 82 valence electrons. The van der Waals surface area contributed by atoms with Crippen molar-refractivity contribution in [2.24, 2.45) is 0 Å². The molecule has 0 saturated heterocycles. The first-order valence-corrected chi connectivity index (χ1v) is 4.81. The van der Waals surface area contributed by atoms with Gasteiger partial charge >= 0.3 is 11.9 Å². The number of rotatable bonds is 4. The molecule has 0 fully saturated rings. The van der Waals surface area contributed by atoms with E-state index in [1.54, 1.807) is 6.08 Å². The first kappa shape index (κ1) is 11.9. The zero-order chi connectivity index (χ0) is 11.8. The smallest absolute Gasteiger partial charge is 0.338 e. The summed E-state index contributed by atoms with van der Waals surface area (Å²) in [5.41, 5.74) is 0.871. The molecule has 1 aromatic rings. The Hall–Kier alpha value is -2.16. The fraction of sp³-hybridized carbons (Fsp3) is 0.0769. The highest BCUT2D eigenvalue weighted by molar-refractivity contribution is 5.95. The molecule has 0 spiro atoms. The number of esters is 2. The van der Waals surface area contributed by atoms with Crippen molar-refractivity contribution < 1.29 is 14.3 Å². The summed E-state index contributed by atoms with van der Waals surface area (Å²) in [6.45, 7) is 3.37. The van der Waals surface area contributed by atoms with Gasteiger partial charge in [-0.1, -0.05) is 36.4 Å². The van der Waals surface area contributed by atoms with Gasteiger partial charge < -0.3 is 4.74 Å². The van der Waals surface area contributed by atoms with Gasteiger partial charge in [-0.3, -0.25) is 4.79 Å². The average molecular weight is 216 g/mol. The van der Waals surface area contributed by atoms with E-state index in [0.717, 1.165) is 5.56 Å². The maximum atomic E-state index is 11.1. The minimum atomic E-state index is -0.671. The fourth-order valence-corrected chi connectivity index (χ4v) is 1.03. The number of hydrogen-bond acceptors (Lipinski definition) is 3. The summed E-state index contributed by atoms with van der Waals surface area (Å²) in [4.78, 5) is 22.1. The summed E-state index contributed by atoms with van der Waals surface area (Å²) >= 11 is 0. The van der Waals surface area contributed by atoms with Crippen LogP contribution in [0, 0.1) is 0 Å². The van der Waals surface area contributed by atoms with Gasteiger partial charge in [0.2, 0.25) is 0 Å². The zero-order valence-corrected chi connectivity index (χ0v) is 8.76. The van der Waals surface area contributed by atoms with Crippen LogP contribution in [0.1, 0.15) is 12.0 Å². The van der Waals surface area contributed by atoms with Crippen LogP contribution in [0.25, 0.3) is 6.08 Å². The highest BCUT2D eigenvalue weighted by atomic mass is 16.6. The highest BCUT2D eigenvalue weighted by Gasteiger charge is 2.04. The second-order valence-corrected chi connectivity index (χ2v) is 3.03. The third-order valence-electron chi connectivity index (χ3n) is 1.74. The van der Waals surface area contributed by atoms with E-state index in [0.29, 0.717) is 0 Å². The summed E-state index contributed by atoms with van der Waals surface area (Å²) in [7, 11) is 0. The molecule has 0 bridgehead atoms. The van der Waals surface area contributed by atoms with Gasteiger partial charge in [-0.2, -0.15) is 0 Å². The molecular formula is C13H12O3. The van der Waals surface area contributed by atoms with Crippen molar-refractivity contribution in [2.45, 2.75) is 6.42 Å². The van der Waals surface area contributed by atoms with Crippen molar-refractivity contribution in [3.05, 3.63) is 54.6 Å². The lowest BCUT2D eigenvalue weighted by Gasteiger charge is -1.96. The van der Waals surface area contributed by atoms with E-state index in [1.165, 1.54) is 12.2 Å². The Bertz CT molecular complexity index is 404. The molecule has 0 amide bonds. The Balaban J connectivity index is 2.49. The minimum absolute atomic E-state index is 0.0327. The van der Waals surface area contributed by atoms with Crippen LogP contribution >= 0.6 is 0 Å². The van der Waals surface area contributed by atoms with Crippen molar-refractivity contribution in [1.29, 1.82) is 0 Å². The van der Waals surface area contributed by atoms with E-state index in [2.05, 4.69) is 11.3 Å². The Kier molecular flexibility index (Phi) is 4.73. The van der Waals surface area contributed by atoms with E-state index in [9.17, 15) is 9.59 Å². The second-order valence-electron chi connectivity index (χ2n) is 3.03. The summed E-state index contributed by atoms with van der Waals surface area (Å²) in [5.74, 6) is -1.27. The SMILES string of the molecule is C=CCC(=O)OC(=O)/C=C/c1ccccc1. The van der Waals surface area contributed by atoms with Gasteiger partial charge in [0.1, 0.15) is 0 Å². The van der Waals surface area contributed by atoms with Crippen LogP contribution in [0.2, 0.25) is 0 Å². The van der Waals surface area contributed by atoms with Crippen LogP contribution in [0.5, 0.6) is 0 Å². The first-order valence-electron chi connectivity index (χ1n) is 4.81. The maximum Gasteiger partial charge on any atom is 0.338 e. The third-order valence-corrected chi connectivity index (χ3v) is 1.74. The summed E-state index contributed by atoms with van der Waals surface area (Å²) in [6, 6.07) is 9.27. The van der Waals surface area contributed by atoms with E-state index in [4.69, 9.17) is 0 Å². The Labute approximate surface area is 94.0 Å². The molecule has 0 N–H and O–H groups in total. The van der Waals surface area contributed by atoms with E-state index < -0.39 is 11.9 Å². The van der Waals surface area contributed by atoms with Crippen molar-refractivity contribution in [1.82, 2.24) is 0 Å². The van der Waals surface area contributed by atoms with Crippen LogP contribution in [-0.2, 0) is 14.3 Å². The molecule has 0 aliphatic rings. The van der Waals surface area contributed by atoms with Crippen molar-refractivity contribution in [3.8, 4) is 0 Å². The number of carbonyl (C=O) groups is 2. The molecule has 0 atom stereocenters. The van der Waals surface area contributed by atoms with Gasteiger partial charge in [0.25, 0.3) is 0 Å².